The van der Waals surface area contributed by atoms with Gasteiger partial charge in [-0.1, -0.05) is 52.0 Å². The molecule has 0 bridgehead atoms. The van der Waals surface area contributed by atoms with Crippen molar-refractivity contribution in [1.82, 2.24) is 21.6 Å². The Morgan fingerprint density at radius 3 is 1.26 bits per heavy atom. The van der Waals surface area contributed by atoms with Crippen molar-refractivity contribution in [1.29, 1.82) is 0 Å². The summed E-state index contributed by atoms with van der Waals surface area (Å²) >= 11 is 0. The predicted molar refractivity (Wildman–Crippen MR) is 148 cm³/mol. The van der Waals surface area contributed by atoms with Gasteiger partial charge in [0.15, 0.2) is 0 Å². The standard InChI is InChI=1S/C28H38N4O10/c1-17(2)15-39-21-9-5-19(6-10-21)13-29-27(37)31-41-25(35)23(33)24(34)26(36)42-32-28(38)30-14-20-7-11-22(12-8-20)40-16-18(3)4/h5-12,17-18,25-26,35-36H,13-16H2,1-4H3,(H2,29,31,37)(H2,30,32,38). The lowest BCUT2D eigenvalue weighted by atomic mass is 10.2. The first-order valence-corrected chi connectivity index (χ1v) is 13.2. The highest BCUT2D eigenvalue weighted by Gasteiger charge is 2.32. The Kier molecular flexibility index (Phi) is 14.2. The van der Waals surface area contributed by atoms with Gasteiger partial charge in [-0.2, -0.15) is 0 Å². The molecule has 0 aliphatic heterocycles. The van der Waals surface area contributed by atoms with Gasteiger partial charge in [-0.3, -0.25) is 9.59 Å². The number of urea groups is 2. The molecule has 2 atom stereocenters. The van der Waals surface area contributed by atoms with Gasteiger partial charge in [-0.05, 0) is 47.2 Å². The number of benzene rings is 2. The molecule has 42 heavy (non-hydrogen) atoms. The van der Waals surface area contributed by atoms with Crippen LogP contribution in [0.1, 0.15) is 38.8 Å². The molecule has 14 nitrogen and oxygen atoms in total. The minimum absolute atomic E-state index is 0.0843. The number of ether oxygens (including phenoxy) is 2. The molecule has 0 saturated carbocycles. The van der Waals surface area contributed by atoms with Crippen LogP contribution in [0.2, 0.25) is 0 Å². The lowest BCUT2D eigenvalue weighted by Crippen LogP contribution is -2.46. The normalized spacial score (nSPS) is 12.3. The van der Waals surface area contributed by atoms with E-state index in [-0.39, 0.29) is 13.1 Å². The van der Waals surface area contributed by atoms with Gasteiger partial charge in [0.1, 0.15) is 11.5 Å². The van der Waals surface area contributed by atoms with Crippen molar-refractivity contribution in [3.8, 4) is 11.5 Å². The summed E-state index contributed by atoms with van der Waals surface area (Å²) in [4.78, 5) is 56.7. The first-order chi connectivity index (χ1) is 19.9. The minimum atomic E-state index is -2.44. The van der Waals surface area contributed by atoms with E-state index >= 15 is 0 Å². The van der Waals surface area contributed by atoms with Gasteiger partial charge in [0.05, 0.1) is 13.2 Å². The molecule has 14 heteroatoms. The van der Waals surface area contributed by atoms with Crippen molar-refractivity contribution >= 4 is 23.6 Å². The van der Waals surface area contributed by atoms with Gasteiger partial charge in [-0.25, -0.2) is 30.2 Å². The number of hydroxylamine groups is 2. The van der Waals surface area contributed by atoms with Crippen molar-refractivity contribution in [2.45, 2.75) is 53.4 Å². The van der Waals surface area contributed by atoms with Crippen LogP contribution in [0.4, 0.5) is 9.59 Å². The SMILES string of the molecule is CC(C)COc1ccc(CNC(=O)NOC(O)C(=O)C(=O)C(O)ONC(=O)NCc2ccc(OCC(C)C)cc2)cc1. The van der Waals surface area contributed by atoms with Crippen molar-refractivity contribution in [2.75, 3.05) is 13.2 Å². The van der Waals surface area contributed by atoms with Gasteiger partial charge in [0, 0.05) is 13.1 Å². The first kappa shape index (κ1) is 34.0. The maximum Gasteiger partial charge on any atom is 0.339 e. The zero-order valence-corrected chi connectivity index (χ0v) is 23.9. The Morgan fingerprint density at radius 1 is 0.619 bits per heavy atom. The second-order valence-corrected chi connectivity index (χ2v) is 9.94. The summed E-state index contributed by atoms with van der Waals surface area (Å²) in [6, 6.07) is 12.1. The van der Waals surface area contributed by atoms with E-state index in [9.17, 15) is 29.4 Å². The Hall–Kier alpha value is -4.24. The molecule has 0 aliphatic rings. The van der Waals surface area contributed by atoms with Crippen molar-refractivity contribution in [3.05, 3.63) is 59.7 Å². The van der Waals surface area contributed by atoms with E-state index in [4.69, 9.17) is 9.47 Å². The molecule has 2 aromatic carbocycles. The number of aliphatic hydroxyl groups excluding tert-OH is 2. The summed E-state index contributed by atoms with van der Waals surface area (Å²) in [5, 5.41) is 24.3. The number of carbonyl (C=O) groups is 4. The molecular weight excluding hydrogens is 552 g/mol. The fourth-order valence-corrected chi connectivity index (χ4v) is 2.94. The van der Waals surface area contributed by atoms with Crippen molar-refractivity contribution in [3.63, 3.8) is 0 Å². The summed E-state index contributed by atoms with van der Waals surface area (Å²) in [5.74, 6) is -1.16. The number of carbonyl (C=O) groups excluding carboxylic acids is 4. The molecule has 230 valence electrons. The molecule has 0 aliphatic carbocycles. The van der Waals surface area contributed by atoms with Crippen molar-refractivity contribution < 1.29 is 48.5 Å². The number of Topliss-reactive ketones (excluding diaryl/α,β-unsaturated/α-hetero) is 2. The summed E-state index contributed by atoms with van der Waals surface area (Å²) in [6.07, 6.45) is -4.89. The first-order valence-electron chi connectivity index (χ1n) is 13.2. The highest BCUT2D eigenvalue weighted by molar-refractivity contribution is 6.39. The molecule has 2 rings (SSSR count). The quantitative estimate of drug-likeness (QED) is 0.0897. The monoisotopic (exact) mass is 590 g/mol. The molecule has 4 amide bonds. The third-order valence-electron chi connectivity index (χ3n) is 5.14. The van der Waals surface area contributed by atoms with Crippen molar-refractivity contribution in [2.24, 2.45) is 11.8 Å². The van der Waals surface area contributed by atoms with Crippen LogP contribution in [0, 0.1) is 11.8 Å². The van der Waals surface area contributed by atoms with Crippen LogP contribution in [0.25, 0.3) is 0 Å². The second-order valence-electron chi connectivity index (χ2n) is 9.94. The lowest BCUT2D eigenvalue weighted by Gasteiger charge is -2.14. The molecule has 0 fully saturated rings. The van der Waals surface area contributed by atoms with Crippen LogP contribution in [0.3, 0.4) is 0 Å². The van der Waals surface area contributed by atoms with Crippen LogP contribution in [-0.4, -0.2) is 59.6 Å². The number of rotatable bonds is 17. The second kappa shape index (κ2) is 17.5. The summed E-state index contributed by atoms with van der Waals surface area (Å²) in [7, 11) is 0. The van der Waals surface area contributed by atoms with E-state index in [1.54, 1.807) is 59.5 Å². The van der Waals surface area contributed by atoms with E-state index in [0.29, 0.717) is 36.5 Å². The third-order valence-corrected chi connectivity index (χ3v) is 5.14. The summed E-state index contributed by atoms with van der Waals surface area (Å²) in [6.45, 7) is 9.43. The molecule has 0 aromatic heterocycles. The molecule has 0 saturated heterocycles. The maximum absolute atomic E-state index is 12.0. The Bertz CT molecular complexity index is 1060. The third kappa shape index (κ3) is 13.0. The van der Waals surface area contributed by atoms with Crippen LogP contribution in [-0.2, 0) is 32.4 Å². The van der Waals surface area contributed by atoms with Gasteiger partial charge < -0.3 is 30.3 Å². The number of nitrogens with one attached hydrogen (secondary N) is 4. The highest BCUT2D eigenvalue weighted by Crippen LogP contribution is 2.14. The van der Waals surface area contributed by atoms with Gasteiger partial charge >= 0.3 is 12.1 Å². The molecule has 2 unspecified atom stereocenters. The van der Waals surface area contributed by atoms with Crippen LogP contribution < -0.4 is 31.1 Å². The predicted octanol–water partition coefficient (Wildman–Crippen LogP) is 1.69. The van der Waals surface area contributed by atoms with Crippen LogP contribution in [0.5, 0.6) is 11.5 Å². The lowest BCUT2D eigenvalue weighted by molar-refractivity contribution is -0.186. The molecule has 0 heterocycles. The molecule has 6 N–H and O–H groups in total. The average molecular weight is 591 g/mol. The van der Waals surface area contributed by atoms with E-state index in [2.05, 4.69) is 20.3 Å². The topological polar surface area (TPSA) is 194 Å². The molecule has 2 aromatic rings. The van der Waals surface area contributed by atoms with E-state index < -0.39 is 36.2 Å². The van der Waals surface area contributed by atoms with Crippen LogP contribution >= 0.6 is 0 Å². The van der Waals surface area contributed by atoms with E-state index in [0.717, 1.165) is 11.1 Å². The number of amides is 4. The average Bonchev–Trinajstić information content (AvgIpc) is 2.98. The number of aliphatic hydroxyl groups is 2. The largest absolute Gasteiger partial charge is 0.493 e. The van der Waals surface area contributed by atoms with Gasteiger partial charge in [0.25, 0.3) is 11.6 Å². The minimum Gasteiger partial charge on any atom is -0.493 e. The zero-order valence-electron chi connectivity index (χ0n) is 23.9. The van der Waals surface area contributed by atoms with Crippen LogP contribution in [0.15, 0.2) is 48.5 Å². The fourth-order valence-electron chi connectivity index (χ4n) is 2.94. The molecule has 0 spiro atoms. The summed E-state index contributed by atoms with van der Waals surface area (Å²) < 4.78 is 11.2. The zero-order chi connectivity index (χ0) is 31.1. The van der Waals surface area contributed by atoms with E-state index in [1.165, 1.54) is 0 Å². The van der Waals surface area contributed by atoms with Gasteiger partial charge in [0.2, 0.25) is 12.6 Å². The highest BCUT2D eigenvalue weighted by atomic mass is 16.7. The molecule has 0 radical (unpaired) electrons. The van der Waals surface area contributed by atoms with E-state index in [1.807, 2.05) is 27.7 Å². The number of hydrogen-bond acceptors (Lipinski definition) is 10. The smallest absolute Gasteiger partial charge is 0.339 e. The Balaban J connectivity index is 1.65. The Morgan fingerprint density at radius 2 is 0.952 bits per heavy atom. The summed E-state index contributed by atoms with van der Waals surface area (Å²) in [5.41, 5.74) is 4.99. The number of ketones is 2. The fraction of sp³-hybridized carbons (Fsp3) is 0.429. The number of hydrogen-bond donors (Lipinski definition) is 6. The van der Waals surface area contributed by atoms with Gasteiger partial charge in [-0.15, -0.1) is 0 Å². The molecular formula is C28H38N4O10. The Labute approximate surface area is 243 Å². The maximum atomic E-state index is 12.0.